The summed E-state index contributed by atoms with van der Waals surface area (Å²) in [6.45, 7) is 5.62. The summed E-state index contributed by atoms with van der Waals surface area (Å²) in [6, 6.07) is 0. The smallest absolute Gasteiger partial charge is 0.226 e. The zero-order valence-electron chi connectivity index (χ0n) is 11.5. The van der Waals surface area contributed by atoms with E-state index in [0.29, 0.717) is 12.5 Å². The molecule has 2 heterocycles. The molecule has 104 valence electrons. The molecule has 0 spiro atoms. The monoisotopic (exact) mass is 264 g/mol. The maximum atomic E-state index is 5.22. The van der Waals surface area contributed by atoms with E-state index in [2.05, 4.69) is 37.7 Å². The summed E-state index contributed by atoms with van der Waals surface area (Å²) in [5.74, 6) is 1.37. The van der Waals surface area contributed by atoms with Gasteiger partial charge in [-0.15, -0.1) is 0 Å². The van der Waals surface area contributed by atoms with Crippen molar-refractivity contribution in [2.75, 3.05) is 30.8 Å². The summed E-state index contributed by atoms with van der Waals surface area (Å²) >= 11 is 0. The number of H-pyrrole nitrogens is 1. The summed E-state index contributed by atoms with van der Waals surface area (Å²) in [7, 11) is 1.69. The van der Waals surface area contributed by atoms with Gasteiger partial charge in [0.1, 0.15) is 5.82 Å². The molecule has 0 fully saturated rings. The minimum absolute atomic E-state index is 0.115. The van der Waals surface area contributed by atoms with Crippen LogP contribution in [0.1, 0.15) is 20.3 Å². The van der Waals surface area contributed by atoms with Gasteiger partial charge < -0.3 is 15.4 Å². The third-order valence-corrected chi connectivity index (χ3v) is 2.80. The molecule has 3 N–H and O–H groups in total. The van der Waals surface area contributed by atoms with Crippen molar-refractivity contribution in [1.29, 1.82) is 0 Å². The molecular weight excluding hydrogens is 244 g/mol. The Hall–Kier alpha value is -1.89. The van der Waals surface area contributed by atoms with E-state index in [9.17, 15) is 0 Å². The van der Waals surface area contributed by atoms with E-state index in [1.54, 1.807) is 13.3 Å². The highest BCUT2D eigenvalue weighted by Gasteiger charge is 2.10. The van der Waals surface area contributed by atoms with Crippen LogP contribution in [0.5, 0.6) is 0 Å². The quantitative estimate of drug-likeness (QED) is 0.704. The average molecular weight is 264 g/mol. The van der Waals surface area contributed by atoms with Crippen molar-refractivity contribution in [3.05, 3.63) is 6.20 Å². The Morgan fingerprint density at radius 3 is 2.95 bits per heavy atom. The lowest BCUT2D eigenvalue weighted by Gasteiger charge is -2.12. The molecule has 7 nitrogen and oxygen atoms in total. The van der Waals surface area contributed by atoms with Crippen LogP contribution in [0.2, 0.25) is 0 Å². The molecule has 19 heavy (non-hydrogen) atoms. The number of hydrogen-bond acceptors (Lipinski definition) is 6. The van der Waals surface area contributed by atoms with Crippen LogP contribution in [0.15, 0.2) is 6.20 Å². The zero-order chi connectivity index (χ0) is 13.7. The molecule has 0 aromatic carbocycles. The van der Waals surface area contributed by atoms with E-state index in [0.717, 1.165) is 29.8 Å². The molecule has 7 heteroatoms. The predicted octanol–water partition coefficient (Wildman–Crippen LogP) is 1.62. The van der Waals surface area contributed by atoms with Crippen molar-refractivity contribution in [2.45, 2.75) is 26.4 Å². The Morgan fingerprint density at radius 2 is 2.21 bits per heavy atom. The first kappa shape index (κ1) is 13.5. The fourth-order valence-electron chi connectivity index (χ4n) is 1.61. The van der Waals surface area contributed by atoms with Crippen LogP contribution in [-0.4, -0.2) is 46.5 Å². The molecule has 0 amide bonds. The fourth-order valence-corrected chi connectivity index (χ4v) is 1.61. The molecule has 0 aliphatic heterocycles. The van der Waals surface area contributed by atoms with Crippen molar-refractivity contribution in [3.8, 4) is 0 Å². The molecule has 2 aromatic rings. The van der Waals surface area contributed by atoms with E-state index < -0.39 is 0 Å². The predicted molar refractivity (Wildman–Crippen MR) is 75.4 cm³/mol. The van der Waals surface area contributed by atoms with E-state index in [1.165, 1.54) is 0 Å². The first-order valence-corrected chi connectivity index (χ1v) is 6.46. The lowest BCUT2D eigenvalue weighted by molar-refractivity contribution is 0.128. The van der Waals surface area contributed by atoms with Crippen LogP contribution >= 0.6 is 0 Å². The maximum absolute atomic E-state index is 5.22. The minimum Gasteiger partial charge on any atom is -0.380 e. The molecule has 0 saturated heterocycles. The summed E-state index contributed by atoms with van der Waals surface area (Å²) in [4.78, 5) is 8.84. The minimum atomic E-state index is 0.115. The fraction of sp³-hybridized carbons (Fsp3) is 0.583. The first-order valence-electron chi connectivity index (χ1n) is 6.46. The van der Waals surface area contributed by atoms with Gasteiger partial charge in [-0.05, 0) is 13.3 Å². The third-order valence-electron chi connectivity index (χ3n) is 2.80. The van der Waals surface area contributed by atoms with Gasteiger partial charge in [-0.1, -0.05) is 6.92 Å². The van der Waals surface area contributed by atoms with Crippen molar-refractivity contribution in [2.24, 2.45) is 0 Å². The largest absolute Gasteiger partial charge is 0.380 e. The van der Waals surface area contributed by atoms with Crippen LogP contribution in [0.4, 0.5) is 11.8 Å². The second-order valence-electron chi connectivity index (χ2n) is 4.38. The van der Waals surface area contributed by atoms with Crippen LogP contribution in [0.25, 0.3) is 11.0 Å². The number of nitrogens with one attached hydrogen (secondary N) is 3. The van der Waals surface area contributed by atoms with Gasteiger partial charge in [0, 0.05) is 20.2 Å². The maximum Gasteiger partial charge on any atom is 0.226 e. The molecule has 0 aliphatic rings. The van der Waals surface area contributed by atoms with E-state index in [-0.39, 0.29) is 6.10 Å². The molecule has 1 unspecified atom stereocenters. The molecule has 1 atom stereocenters. The number of ether oxygens (including phenoxy) is 1. The second kappa shape index (κ2) is 6.33. The van der Waals surface area contributed by atoms with Crippen LogP contribution in [0, 0.1) is 0 Å². The Morgan fingerprint density at radius 1 is 1.37 bits per heavy atom. The van der Waals surface area contributed by atoms with Crippen LogP contribution in [0.3, 0.4) is 0 Å². The van der Waals surface area contributed by atoms with Crippen molar-refractivity contribution >= 4 is 22.8 Å². The Kier molecular flexibility index (Phi) is 4.51. The highest BCUT2D eigenvalue weighted by atomic mass is 16.5. The van der Waals surface area contributed by atoms with E-state index in [4.69, 9.17) is 4.74 Å². The number of methoxy groups -OCH3 is 1. The Bertz CT molecular complexity index is 526. The topological polar surface area (TPSA) is 87.8 Å². The summed E-state index contributed by atoms with van der Waals surface area (Å²) in [6.07, 6.45) is 2.86. The van der Waals surface area contributed by atoms with Crippen LogP contribution < -0.4 is 10.6 Å². The molecule has 0 radical (unpaired) electrons. The summed E-state index contributed by atoms with van der Waals surface area (Å²) in [5, 5.41) is 14.2. The first-order chi connectivity index (χ1) is 9.24. The number of fused-ring (bicyclic) bond motifs is 1. The number of aromatic nitrogens is 4. The standard InChI is InChI=1S/C12H20N6O/c1-4-5-13-12-16-10(14-6-8(2)19-3)9-7-15-18-11(9)17-12/h7-8H,4-6H2,1-3H3,(H3,13,14,15,16,17,18). The highest BCUT2D eigenvalue weighted by molar-refractivity contribution is 5.86. The number of rotatable bonds is 7. The number of anilines is 2. The van der Waals surface area contributed by atoms with Gasteiger partial charge in [0.25, 0.3) is 0 Å². The lowest BCUT2D eigenvalue weighted by atomic mass is 10.3. The van der Waals surface area contributed by atoms with Gasteiger partial charge >= 0.3 is 0 Å². The highest BCUT2D eigenvalue weighted by Crippen LogP contribution is 2.19. The SMILES string of the molecule is CCCNc1nc(NCC(C)OC)c2cn[nH]c2n1. The summed E-state index contributed by atoms with van der Waals surface area (Å²) < 4.78 is 5.22. The Balaban J connectivity index is 2.21. The van der Waals surface area contributed by atoms with Gasteiger partial charge in [-0.2, -0.15) is 15.1 Å². The number of aromatic amines is 1. The van der Waals surface area contributed by atoms with Gasteiger partial charge in [-0.25, -0.2) is 0 Å². The number of hydrogen-bond donors (Lipinski definition) is 3. The zero-order valence-corrected chi connectivity index (χ0v) is 11.5. The molecule has 2 aromatic heterocycles. The Labute approximate surface area is 112 Å². The normalized spacial score (nSPS) is 12.6. The van der Waals surface area contributed by atoms with E-state index >= 15 is 0 Å². The van der Waals surface area contributed by atoms with Crippen molar-refractivity contribution < 1.29 is 4.74 Å². The molecule has 0 bridgehead atoms. The van der Waals surface area contributed by atoms with Gasteiger partial charge in [0.2, 0.25) is 5.95 Å². The van der Waals surface area contributed by atoms with Crippen LogP contribution in [-0.2, 0) is 4.74 Å². The lowest BCUT2D eigenvalue weighted by Crippen LogP contribution is -2.19. The average Bonchev–Trinajstić information content (AvgIpc) is 2.90. The van der Waals surface area contributed by atoms with Crippen molar-refractivity contribution in [1.82, 2.24) is 20.2 Å². The van der Waals surface area contributed by atoms with Gasteiger partial charge in [0.15, 0.2) is 5.65 Å². The van der Waals surface area contributed by atoms with E-state index in [1.807, 2.05) is 6.92 Å². The second-order valence-corrected chi connectivity index (χ2v) is 4.38. The van der Waals surface area contributed by atoms with Gasteiger partial charge in [-0.3, -0.25) is 5.10 Å². The molecule has 0 saturated carbocycles. The number of nitrogens with zero attached hydrogens (tertiary/aromatic N) is 3. The molecule has 0 aliphatic carbocycles. The van der Waals surface area contributed by atoms with Gasteiger partial charge in [0.05, 0.1) is 17.7 Å². The third kappa shape index (κ3) is 3.31. The van der Waals surface area contributed by atoms with Crippen molar-refractivity contribution in [3.63, 3.8) is 0 Å². The summed E-state index contributed by atoms with van der Waals surface area (Å²) in [5.41, 5.74) is 0.723. The molecular formula is C12H20N6O. The molecule has 2 rings (SSSR count).